The van der Waals surface area contributed by atoms with E-state index in [2.05, 4.69) is 20.5 Å². The molecule has 0 amide bonds. The first-order valence-corrected chi connectivity index (χ1v) is 9.23. The van der Waals surface area contributed by atoms with Gasteiger partial charge in [-0.3, -0.25) is 0 Å². The van der Waals surface area contributed by atoms with Crippen LogP contribution in [0.4, 0.5) is 0 Å². The fourth-order valence-electron chi connectivity index (χ4n) is 2.35. The average Bonchev–Trinajstić information content (AvgIpc) is 3.18. The molecular weight excluding hydrogens is 338 g/mol. The van der Waals surface area contributed by atoms with E-state index >= 15 is 0 Å². The minimum Gasteiger partial charge on any atom is -0.246 e. The summed E-state index contributed by atoms with van der Waals surface area (Å²) in [5, 5.41) is 17.9. The van der Waals surface area contributed by atoms with Crippen molar-refractivity contribution in [2.75, 3.05) is 13.1 Å². The predicted octanol–water partition coefficient (Wildman–Crippen LogP) is 0.225. The molecule has 1 saturated heterocycles. The second kappa shape index (κ2) is 5.51. The largest absolute Gasteiger partial charge is 0.252 e. The van der Waals surface area contributed by atoms with Gasteiger partial charge in [0.1, 0.15) is 16.4 Å². The van der Waals surface area contributed by atoms with Gasteiger partial charge in [0.15, 0.2) is 0 Å². The van der Waals surface area contributed by atoms with Gasteiger partial charge < -0.3 is 0 Å². The molecule has 23 heavy (non-hydrogen) atoms. The van der Waals surface area contributed by atoms with Crippen LogP contribution in [-0.4, -0.2) is 55.8 Å². The van der Waals surface area contributed by atoms with Gasteiger partial charge in [-0.15, -0.1) is 16.4 Å². The molecule has 1 aliphatic rings. The topological polar surface area (TPSA) is 98.8 Å². The molecule has 11 heteroatoms. The van der Waals surface area contributed by atoms with Crippen molar-refractivity contribution in [3.8, 4) is 0 Å². The summed E-state index contributed by atoms with van der Waals surface area (Å²) < 4.78 is 28.2. The molecule has 0 N–H and O–H groups in total. The molecule has 9 nitrogen and oxygen atoms in total. The third-order valence-electron chi connectivity index (χ3n) is 3.62. The van der Waals surface area contributed by atoms with Gasteiger partial charge in [-0.05, 0) is 11.4 Å². The SMILES string of the molecule is O=S(=O)(c1cccs1)N1CC(n2cc(Cn3nccn3)nn2)C1. The van der Waals surface area contributed by atoms with Crippen LogP contribution < -0.4 is 0 Å². The molecule has 3 aromatic rings. The highest BCUT2D eigenvalue weighted by molar-refractivity contribution is 7.91. The molecule has 0 unspecified atom stereocenters. The number of hydrogen-bond donors (Lipinski definition) is 0. The maximum atomic E-state index is 12.3. The summed E-state index contributed by atoms with van der Waals surface area (Å²) in [7, 11) is -3.37. The lowest BCUT2D eigenvalue weighted by Crippen LogP contribution is -2.50. The zero-order valence-electron chi connectivity index (χ0n) is 11.9. The van der Waals surface area contributed by atoms with E-state index < -0.39 is 10.0 Å². The Balaban J connectivity index is 1.41. The Bertz CT molecular complexity index is 880. The van der Waals surface area contributed by atoms with Gasteiger partial charge in [-0.25, -0.2) is 13.1 Å². The van der Waals surface area contributed by atoms with Crippen LogP contribution in [0.1, 0.15) is 11.7 Å². The van der Waals surface area contributed by atoms with Crippen LogP contribution in [0, 0.1) is 0 Å². The highest BCUT2D eigenvalue weighted by atomic mass is 32.2. The highest BCUT2D eigenvalue weighted by Crippen LogP contribution is 2.29. The summed E-state index contributed by atoms with van der Waals surface area (Å²) in [6.45, 7) is 1.25. The number of thiophene rings is 1. The van der Waals surface area contributed by atoms with Gasteiger partial charge in [0.05, 0.1) is 24.6 Å². The first-order valence-electron chi connectivity index (χ1n) is 6.91. The third-order valence-corrected chi connectivity index (χ3v) is 6.82. The van der Waals surface area contributed by atoms with E-state index in [-0.39, 0.29) is 6.04 Å². The molecule has 0 saturated carbocycles. The van der Waals surface area contributed by atoms with Crippen molar-refractivity contribution in [1.82, 2.24) is 34.3 Å². The second-order valence-electron chi connectivity index (χ2n) is 5.16. The van der Waals surface area contributed by atoms with E-state index in [9.17, 15) is 8.42 Å². The molecule has 0 aromatic carbocycles. The first-order chi connectivity index (χ1) is 11.1. The second-order valence-corrected chi connectivity index (χ2v) is 8.27. The van der Waals surface area contributed by atoms with E-state index in [1.165, 1.54) is 20.4 Å². The van der Waals surface area contributed by atoms with Crippen LogP contribution in [0.15, 0.2) is 40.3 Å². The standard InChI is InChI=1S/C12H13N7O2S2/c20-23(21,12-2-1-5-22-12)17-8-11(9-17)18-6-10(15-16-18)7-19-13-3-4-14-19/h1-6,11H,7-9H2. The molecule has 120 valence electrons. The van der Waals surface area contributed by atoms with Crippen molar-refractivity contribution in [1.29, 1.82) is 0 Å². The van der Waals surface area contributed by atoms with Gasteiger partial charge >= 0.3 is 0 Å². The zero-order valence-corrected chi connectivity index (χ0v) is 13.6. The molecule has 4 heterocycles. The number of nitrogens with zero attached hydrogens (tertiary/aromatic N) is 7. The lowest BCUT2D eigenvalue weighted by Gasteiger charge is -2.37. The van der Waals surface area contributed by atoms with Crippen molar-refractivity contribution in [2.45, 2.75) is 16.8 Å². The Kier molecular flexibility index (Phi) is 3.47. The molecule has 0 spiro atoms. The highest BCUT2D eigenvalue weighted by Gasteiger charge is 2.38. The molecule has 3 aromatic heterocycles. The smallest absolute Gasteiger partial charge is 0.246 e. The zero-order chi connectivity index (χ0) is 15.9. The lowest BCUT2D eigenvalue weighted by molar-refractivity contribution is 0.189. The normalized spacial score (nSPS) is 16.5. The van der Waals surface area contributed by atoms with E-state index in [4.69, 9.17) is 0 Å². The van der Waals surface area contributed by atoms with Crippen LogP contribution in [0.3, 0.4) is 0 Å². The summed E-state index contributed by atoms with van der Waals surface area (Å²) >= 11 is 1.23. The quantitative estimate of drug-likeness (QED) is 0.652. The van der Waals surface area contributed by atoms with Crippen molar-refractivity contribution in [2.24, 2.45) is 0 Å². The van der Waals surface area contributed by atoms with Gasteiger partial charge in [0.25, 0.3) is 10.0 Å². The monoisotopic (exact) mass is 351 g/mol. The van der Waals surface area contributed by atoms with Crippen LogP contribution >= 0.6 is 11.3 Å². The Hall–Kier alpha value is -2.11. The minimum atomic E-state index is -3.37. The Morgan fingerprint density at radius 1 is 1.26 bits per heavy atom. The van der Waals surface area contributed by atoms with E-state index in [0.717, 1.165) is 5.69 Å². The number of sulfonamides is 1. The Morgan fingerprint density at radius 2 is 2.04 bits per heavy atom. The van der Waals surface area contributed by atoms with E-state index in [1.54, 1.807) is 34.6 Å². The molecular formula is C12H13N7O2S2. The number of rotatable bonds is 5. The van der Waals surface area contributed by atoms with Crippen molar-refractivity contribution >= 4 is 21.4 Å². The van der Waals surface area contributed by atoms with Crippen molar-refractivity contribution in [3.63, 3.8) is 0 Å². The summed E-state index contributed by atoms with van der Waals surface area (Å²) in [4.78, 5) is 1.52. The fourth-order valence-corrected chi connectivity index (χ4v) is 5.01. The van der Waals surface area contributed by atoms with Gasteiger partial charge in [0, 0.05) is 13.1 Å². The predicted molar refractivity (Wildman–Crippen MR) is 81.3 cm³/mol. The lowest BCUT2D eigenvalue weighted by atomic mass is 10.2. The van der Waals surface area contributed by atoms with Crippen LogP contribution in [0.25, 0.3) is 0 Å². The number of hydrogen-bond acceptors (Lipinski definition) is 7. The van der Waals surface area contributed by atoms with Crippen LogP contribution in [-0.2, 0) is 16.6 Å². The van der Waals surface area contributed by atoms with Crippen LogP contribution in [0.2, 0.25) is 0 Å². The fraction of sp³-hybridized carbons (Fsp3) is 0.333. The summed E-state index contributed by atoms with van der Waals surface area (Å²) in [6, 6.07) is 3.37. The molecule has 1 aliphatic heterocycles. The molecule has 1 fully saturated rings. The molecule has 0 aliphatic carbocycles. The van der Waals surface area contributed by atoms with Crippen molar-refractivity contribution in [3.05, 3.63) is 41.8 Å². The summed E-state index contributed by atoms with van der Waals surface area (Å²) in [6.07, 6.45) is 5.01. The van der Waals surface area contributed by atoms with Crippen molar-refractivity contribution < 1.29 is 8.42 Å². The first kappa shape index (κ1) is 14.5. The maximum Gasteiger partial charge on any atom is 0.252 e. The molecule has 0 atom stereocenters. The summed E-state index contributed by atoms with van der Waals surface area (Å²) in [5.41, 5.74) is 0.737. The molecule has 4 rings (SSSR count). The van der Waals surface area contributed by atoms with Gasteiger partial charge in [0.2, 0.25) is 0 Å². The maximum absolute atomic E-state index is 12.3. The van der Waals surface area contributed by atoms with Gasteiger partial charge in [-0.2, -0.15) is 19.3 Å². The van der Waals surface area contributed by atoms with Crippen LogP contribution in [0.5, 0.6) is 0 Å². The third kappa shape index (κ3) is 2.66. The molecule has 0 radical (unpaired) electrons. The number of aromatic nitrogens is 6. The summed E-state index contributed by atoms with van der Waals surface area (Å²) in [5.74, 6) is 0. The van der Waals surface area contributed by atoms with Gasteiger partial charge in [-0.1, -0.05) is 11.3 Å². The molecule has 0 bridgehead atoms. The van der Waals surface area contributed by atoms with E-state index in [1.807, 2.05) is 6.20 Å². The van der Waals surface area contributed by atoms with E-state index in [0.29, 0.717) is 23.8 Å². The average molecular weight is 351 g/mol. The Morgan fingerprint density at radius 3 is 2.74 bits per heavy atom. The Labute approximate surface area is 136 Å². The minimum absolute atomic E-state index is 0.0107.